The number of nitrogens with zero attached hydrogens (tertiary/aromatic N) is 3. The van der Waals surface area contributed by atoms with Crippen molar-refractivity contribution in [2.45, 2.75) is 19.6 Å². The third-order valence-electron chi connectivity index (χ3n) is 4.81. The topological polar surface area (TPSA) is 73.8 Å². The van der Waals surface area contributed by atoms with E-state index in [1.165, 1.54) is 0 Å². The molecule has 7 nitrogen and oxygen atoms in total. The van der Waals surface area contributed by atoms with E-state index < -0.39 is 0 Å². The van der Waals surface area contributed by atoms with Crippen LogP contribution < -0.4 is 19.1 Å². The first-order valence-corrected chi connectivity index (χ1v) is 9.20. The Morgan fingerprint density at radius 3 is 2.48 bits per heavy atom. The van der Waals surface area contributed by atoms with Gasteiger partial charge in [0.1, 0.15) is 18.1 Å². The number of carbonyl (C=O) groups excluding carboxylic acids is 1. The van der Waals surface area contributed by atoms with Crippen molar-refractivity contribution in [2.75, 3.05) is 19.1 Å². The first-order chi connectivity index (χ1) is 14.2. The minimum absolute atomic E-state index is 0.0422. The molecule has 0 atom stereocenters. The van der Waals surface area contributed by atoms with Crippen LogP contribution in [0.3, 0.4) is 0 Å². The number of fused-ring (bicyclic) bond motifs is 1. The summed E-state index contributed by atoms with van der Waals surface area (Å²) < 4.78 is 16.1. The normalized spacial score (nSPS) is 13.0. The lowest BCUT2D eigenvalue weighted by Crippen LogP contribution is -2.36. The Morgan fingerprint density at radius 2 is 1.79 bits per heavy atom. The summed E-state index contributed by atoms with van der Waals surface area (Å²) in [4.78, 5) is 22.8. The van der Waals surface area contributed by atoms with Gasteiger partial charge in [-0.05, 0) is 41.5 Å². The van der Waals surface area contributed by atoms with Crippen molar-refractivity contribution in [2.24, 2.45) is 0 Å². The summed E-state index contributed by atoms with van der Waals surface area (Å²) in [5.41, 5.74) is 3.63. The van der Waals surface area contributed by atoms with E-state index in [4.69, 9.17) is 14.2 Å². The molecule has 3 heterocycles. The molecule has 4 rings (SSSR count). The van der Waals surface area contributed by atoms with Gasteiger partial charge in [0.25, 0.3) is 0 Å². The Bertz CT molecular complexity index is 1000. The van der Waals surface area contributed by atoms with Crippen molar-refractivity contribution in [1.29, 1.82) is 0 Å². The zero-order valence-corrected chi connectivity index (χ0v) is 16.3. The molecular weight excluding hydrogens is 370 g/mol. The summed E-state index contributed by atoms with van der Waals surface area (Å²) in [5, 5.41) is 0. The minimum Gasteiger partial charge on any atom is -0.495 e. The minimum atomic E-state index is 0.0422. The molecular formula is C22H21N3O4. The highest BCUT2D eigenvalue weighted by molar-refractivity contribution is 5.96. The van der Waals surface area contributed by atoms with Gasteiger partial charge >= 0.3 is 0 Å². The lowest BCUT2D eigenvalue weighted by Gasteiger charge is -2.29. The summed E-state index contributed by atoms with van der Waals surface area (Å²) in [7, 11) is 3.17. The van der Waals surface area contributed by atoms with Crippen LogP contribution in [-0.2, 0) is 24.4 Å². The van der Waals surface area contributed by atoms with E-state index in [1.807, 2.05) is 36.4 Å². The molecule has 0 aliphatic carbocycles. The molecule has 1 aromatic carbocycles. The van der Waals surface area contributed by atoms with Gasteiger partial charge in [0, 0.05) is 6.07 Å². The molecule has 1 amide bonds. The van der Waals surface area contributed by atoms with Crippen LogP contribution in [-0.4, -0.2) is 30.1 Å². The number of carbonyl (C=O) groups is 1. The molecule has 0 saturated carbocycles. The van der Waals surface area contributed by atoms with E-state index in [0.717, 1.165) is 28.3 Å². The van der Waals surface area contributed by atoms with Crippen LogP contribution in [0.1, 0.15) is 16.8 Å². The van der Waals surface area contributed by atoms with Gasteiger partial charge in [-0.1, -0.05) is 6.07 Å². The highest BCUT2D eigenvalue weighted by Crippen LogP contribution is 2.28. The number of pyridine rings is 2. The summed E-state index contributed by atoms with van der Waals surface area (Å²) in [5.74, 6) is 2.01. The van der Waals surface area contributed by atoms with E-state index >= 15 is 0 Å². The third-order valence-corrected chi connectivity index (χ3v) is 4.81. The van der Waals surface area contributed by atoms with E-state index in [1.54, 1.807) is 37.6 Å². The predicted octanol–water partition coefficient (Wildman–Crippen LogP) is 3.16. The maximum Gasteiger partial charge on any atom is 0.231 e. The number of anilines is 1. The van der Waals surface area contributed by atoms with Crippen molar-refractivity contribution in [3.05, 3.63) is 71.7 Å². The summed E-state index contributed by atoms with van der Waals surface area (Å²) in [6, 6.07) is 13.1. The molecule has 1 aliphatic heterocycles. The molecule has 0 fully saturated rings. The summed E-state index contributed by atoms with van der Waals surface area (Å²) in [6.45, 7) is 0.827. The van der Waals surface area contributed by atoms with E-state index in [2.05, 4.69) is 9.97 Å². The monoisotopic (exact) mass is 391 g/mol. The number of aromatic nitrogens is 2. The Labute approximate surface area is 168 Å². The van der Waals surface area contributed by atoms with Gasteiger partial charge in [-0.3, -0.25) is 9.78 Å². The summed E-state index contributed by atoms with van der Waals surface area (Å²) in [6.07, 6.45) is 3.66. The highest BCUT2D eigenvalue weighted by Gasteiger charge is 2.25. The average molecular weight is 391 g/mol. The quantitative estimate of drug-likeness (QED) is 0.643. The van der Waals surface area contributed by atoms with Gasteiger partial charge in [-0.2, -0.15) is 0 Å². The van der Waals surface area contributed by atoms with Crippen LogP contribution in [0.25, 0.3) is 0 Å². The van der Waals surface area contributed by atoms with Crippen LogP contribution in [0.2, 0.25) is 0 Å². The second-order valence-corrected chi connectivity index (χ2v) is 6.62. The van der Waals surface area contributed by atoms with Crippen molar-refractivity contribution in [1.82, 2.24) is 9.97 Å². The zero-order chi connectivity index (χ0) is 20.2. The number of benzene rings is 1. The fraction of sp³-hybridized carbons (Fsp3) is 0.227. The Morgan fingerprint density at radius 1 is 0.931 bits per heavy atom. The second-order valence-electron chi connectivity index (χ2n) is 6.62. The number of amides is 1. The third kappa shape index (κ3) is 4.13. The van der Waals surface area contributed by atoms with Crippen LogP contribution in [0.5, 0.6) is 17.4 Å². The van der Waals surface area contributed by atoms with Gasteiger partial charge in [0.15, 0.2) is 0 Å². The predicted molar refractivity (Wildman–Crippen MR) is 107 cm³/mol. The SMILES string of the molecule is COc1ccc(COc2ccc3c(c2)CN(c2ccc(OC)nc2)C(=O)C3)nc1. The van der Waals surface area contributed by atoms with Gasteiger partial charge in [-0.25, -0.2) is 4.98 Å². The molecule has 0 bridgehead atoms. The fourth-order valence-corrected chi connectivity index (χ4v) is 3.19. The fourth-order valence-electron chi connectivity index (χ4n) is 3.19. The molecule has 3 aromatic rings. The van der Waals surface area contributed by atoms with Crippen LogP contribution >= 0.6 is 0 Å². The number of methoxy groups -OCH3 is 2. The maximum atomic E-state index is 12.6. The zero-order valence-electron chi connectivity index (χ0n) is 16.3. The number of hydrogen-bond donors (Lipinski definition) is 0. The second kappa shape index (κ2) is 8.18. The van der Waals surface area contributed by atoms with Gasteiger partial charge in [0.2, 0.25) is 11.8 Å². The molecule has 29 heavy (non-hydrogen) atoms. The Balaban J connectivity index is 1.48. The van der Waals surface area contributed by atoms with Gasteiger partial charge in [-0.15, -0.1) is 0 Å². The van der Waals surface area contributed by atoms with Crippen molar-refractivity contribution < 1.29 is 19.0 Å². The highest BCUT2D eigenvalue weighted by atomic mass is 16.5. The van der Waals surface area contributed by atoms with E-state index in [-0.39, 0.29) is 5.91 Å². The lowest BCUT2D eigenvalue weighted by molar-refractivity contribution is -0.118. The molecule has 148 valence electrons. The first kappa shape index (κ1) is 18.7. The standard InChI is InChI=1S/C22H21N3O4/c1-27-20-7-4-17(23-12-20)14-29-19-6-3-15-10-22(26)25(13-16(15)9-19)18-5-8-21(28-2)24-11-18/h3-9,11-12H,10,13-14H2,1-2H3. The van der Waals surface area contributed by atoms with Crippen LogP contribution in [0.15, 0.2) is 54.9 Å². The molecule has 0 unspecified atom stereocenters. The van der Waals surface area contributed by atoms with Crippen molar-refractivity contribution in [3.8, 4) is 17.4 Å². The van der Waals surface area contributed by atoms with E-state index in [0.29, 0.717) is 31.2 Å². The maximum absolute atomic E-state index is 12.6. The molecule has 0 saturated heterocycles. The Hall–Kier alpha value is -3.61. The molecule has 7 heteroatoms. The van der Waals surface area contributed by atoms with Crippen LogP contribution in [0.4, 0.5) is 5.69 Å². The first-order valence-electron chi connectivity index (χ1n) is 9.20. The molecule has 1 aliphatic rings. The summed E-state index contributed by atoms with van der Waals surface area (Å²) >= 11 is 0. The number of rotatable bonds is 6. The number of ether oxygens (including phenoxy) is 3. The molecule has 0 N–H and O–H groups in total. The van der Waals surface area contributed by atoms with E-state index in [9.17, 15) is 4.79 Å². The van der Waals surface area contributed by atoms with Crippen molar-refractivity contribution in [3.63, 3.8) is 0 Å². The Kier molecular flexibility index (Phi) is 5.29. The number of hydrogen-bond acceptors (Lipinski definition) is 6. The van der Waals surface area contributed by atoms with Crippen LogP contribution in [0, 0.1) is 0 Å². The van der Waals surface area contributed by atoms with Gasteiger partial charge in [0.05, 0.1) is 51.0 Å². The lowest BCUT2D eigenvalue weighted by atomic mass is 9.98. The molecule has 2 aromatic heterocycles. The average Bonchev–Trinajstić information content (AvgIpc) is 2.77. The molecule has 0 spiro atoms. The van der Waals surface area contributed by atoms with Crippen molar-refractivity contribution >= 4 is 11.6 Å². The molecule has 0 radical (unpaired) electrons. The van der Waals surface area contributed by atoms with Gasteiger partial charge < -0.3 is 19.1 Å². The largest absolute Gasteiger partial charge is 0.495 e. The smallest absolute Gasteiger partial charge is 0.231 e.